The van der Waals surface area contributed by atoms with E-state index in [-0.39, 0.29) is 24.0 Å². The van der Waals surface area contributed by atoms with E-state index in [1.54, 1.807) is 0 Å². The first-order valence-electron chi connectivity index (χ1n) is 10.1. The number of rotatable bonds is 4. The van der Waals surface area contributed by atoms with Gasteiger partial charge < -0.3 is 10.1 Å². The lowest BCUT2D eigenvalue weighted by Gasteiger charge is -2.43. The monoisotopic (exact) mass is 412 g/mol. The number of nitrogens with zero attached hydrogens (tertiary/aromatic N) is 1. The predicted molar refractivity (Wildman–Crippen MR) is 101 cm³/mol. The lowest BCUT2D eigenvalue weighted by atomic mass is 9.83. The zero-order valence-corrected chi connectivity index (χ0v) is 16.7. The minimum absolute atomic E-state index is 0.0486. The number of halogens is 3. The summed E-state index contributed by atoms with van der Waals surface area (Å²) in [6.45, 7) is 4.49. The number of carbonyl (C=O) groups excluding carboxylic acids is 2. The van der Waals surface area contributed by atoms with Crippen LogP contribution in [0.2, 0.25) is 0 Å². The highest BCUT2D eigenvalue weighted by Gasteiger charge is 2.54. The van der Waals surface area contributed by atoms with E-state index < -0.39 is 29.4 Å². The first kappa shape index (κ1) is 21.6. The highest BCUT2D eigenvalue weighted by Crippen LogP contribution is 2.43. The molecule has 0 bridgehead atoms. The van der Waals surface area contributed by atoms with Crippen molar-refractivity contribution in [2.24, 2.45) is 5.92 Å². The SMILES string of the molecule is CCCNC(=O)[C@H]1CO[C@@]2(CCC[C@H](C)C2)N1C(=O)c1cccc(C(F)(F)F)c1. The molecule has 8 heteroatoms. The van der Waals surface area contributed by atoms with Gasteiger partial charge in [-0.25, -0.2) is 0 Å². The molecule has 2 fully saturated rings. The Morgan fingerprint density at radius 3 is 2.76 bits per heavy atom. The molecule has 0 unspecified atom stereocenters. The molecule has 1 aromatic carbocycles. The highest BCUT2D eigenvalue weighted by atomic mass is 19.4. The van der Waals surface area contributed by atoms with Crippen molar-refractivity contribution in [3.63, 3.8) is 0 Å². The van der Waals surface area contributed by atoms with E-state index in [0.29, 0.717) is 19.4 Å². The number of hydrogen-bond acceptors (Lipinski definition) is 3. The summed E-state index contributed by atoms with van der Waals surface area (Å²) in [7, 11) is 0. The molecule has 1 aliphatic heterocycles. The Bertz CT molecular complexity index is 768. The van der Waals surface area contributed by atoms with Crippen molar-refractivity contribution in [1.82, 2.24) is 10.2 Å². The highest BCUT2D eigenvalue weighted by molar-refractivity contribution is 5.98. The molecule has 3 rings (SSSR count). The molecule has 1 aromatic rings. The summed E-state index contributed by atoms with van der Waals surface area (Å²) in [5.41, 5.74) is -1.92. The van der Waals surface area contributed by atoms with Gasteiger partial charge in [0.1, 0.15) is 11.8 Å². The number of hydrogen-bond donors (Lipinski definition) is 1. The number of amides is 2. The fourth-order valence-electron chi connectivity index (χ4n) is 4.34. The van der Waals surface area contributed by atoms with Crippen molar-refractivity contribution in [2.45, 2.75) is 63.9 Å². The lowest BCUT2D eigenvalue weighted by molar-refractivity contribution is -0.137. The van der Waals surface area contributed by atoms with Crippen LogP contribution in [-0.4, -0.2) is 41.6 Å². The third-order valence-corrected chi connectivity index (χ3v) is 5.70. The van der Waals surface area contributed by atoms with Crippen LogP contribution in [0.1, 0.15) is 61.9 Å². The fourth-order valence-corrected chi connectivity index (χ4v) is 4.34. The number of ether oxygens (including phenoxy) is 1. The van der Waals surface area contributed by atoms with Crippen molar-refractivity contribution < 1.29 is 27.5 Å². The molecule has 160 valence electrons. The molecule has 1 aliphatic carbocycles. The van der Waals surface area contributed by atoms with E-state index in [0.717, 1.165) is 31.4 Å². The molecular formula is C21H27F3N2O3. The van der Waals surface area contributed by atoms with Gasteiger partial charge in [-0.3, -0.25) is 14.5 Å². The Hall–Kier alpha value is -2.09. The van der Waals surface area contributed by atoms with Gasteiger partial charge in [0.05, 0.1) is 12.2 Å². The van der Waals surface area contributed by atoms with E-state index >= 15 is 0 Å². The average molecular weight is 412 g/mol. The maximum absolute atomic E-state index is 13.4. The van der Waals surface area contributed by atoms with Crippen LogP contribution in [0.3, 0.4) is 0 Å². The van der Waals surface area contributed by atoms with Gasteiger partial charge in [0, 0.05) is 12.1 Å². The van der Waals surface area contributed by atoms with Crippen LogP contribution in [0.25, 0.3) is 0 Å². The molecule has 3 atom stereocenters. The number of alkyl halides is 3. The van der Waals surface area contributed by atoms with Crippen LogP contribution >= 0.6 is 0 Å². The molecule has 1 spiro atoms. The van der Waals surface area contributed by atoms with Crippen molar-refractivity contribution >= 4 is 11.8 Å². The van der Waals surface area contributed by atoms with Crippen molar-refractivity contribution in [1.29, 1.82) is 0 Å². The van der Waals surface area contributed by atoms with Crippen LogP contribution in [0.5, 0.6) is 0 Å². The summed E-state index contributed by atoms with van der Waals surface area (Å²) in [5.74, 6) is -0.639. The van der Waals surface area contributed by atoms with Gasteiger partial charge in [-0.15, -0.1) is 0 Å². The normalized spacial score (nSPS) is 27.3. The molecule has 5 nitrogen and oxygen atoms in total. The number of benzene rings is 1. The van der Waals surface area contributed by atoms with Gasteiger partial charge >= 0.3 is 6.18 Å². The summed E-state index contributed by atoms with van der Waals surface area (Å²) in [6.07, 6.45) is -0.856. The Balaban J connectivity index is 1.97. The average Bonchev–Trinajstić information content (AvgIpc) is 3.03. The van der Waals surface area contributed by atoms with E-state index in [1.807, 2.05) is 6.92 Å². The van der Waals surface area contributed by atoms with E-state index in [2.05, 4.69) is 12.2 Å². The summed E-state index contributed by atoms with van der Waals surface area (Å²) in [5, 5.41) is 2.79. The Morgan fingerprint density at radius 1 is 1.34 bits per heavy atom. The first-order chi connectivity index (χ1) is 13.7. The number of nitrogens with one attached hydrogen (secondary N) is 1. The summed E-state index contributed by atoms with van der Waals surface area (Å²) in [6, 6.07) is 3.50. The van der Waals surface area contributed by atoms with Crippen LogP contribution in [0, 0.1) is 5.92 Å². The number of carbonyl (C=O) groups is 2. The topological polar surface area (TPSA) is 58.6 Å². The molecule has 2 aliphatic rings. The maximum atomic E-state index is 13.4. The molecule has 0 radical (unpaired) electrons. The smallest absolute Gasteiger partial charge is 0.354 e. The van der Waals surface area contributed by atoms with Gasteiger partial charge in [0.2, 0.25) is 5.91 Å². The molecule has 1 saturated carbocycles. The molecule has 1 N–H and O–H groups in total. The van der Waals surface area contributed by atoms with Crippen molar-refractivity contribution in [2.75, 3.05) is 13.2 Å². The van der Waals surface area contributed by atoms with E-state index in [1.165, 1.54) is 17.0 Å². The van der Waals surface area contributed by atoms with Gasteiger partial charge in [-0.1, -0.05) is 26.3 Å². The van der Waals surface area contributed by atoms with E-state index in [9.17, 15) is 22.8 Å². The van der Waals surface area contributed by atoms with Gasteiger partial charge in [0.25, 0.3) is 5.91 Å². The summed E-state index contributed by atoms with van der Waals surface area (Å²) in [4.78, 5) is 27.5. The quantitative estimate of drug-likeness (QED) is 0.814. The second kappa shape index (κ2) is 8.34. The Kier molecular flexibility index (Phi) is 6.22. The standard InChI is InChI=1S/C21H27F3N2O3/c1-3-10-25-18(27)17-13-29-20(9-5-6-14(2)12-20)26(17)19(28)15-7-4-8-16(11-15)21(22,23)24/h4,7-8,11,14,17H,3,5-6,9-10,12-13H2,1-2H3,(H,25,27)/t14-,17+,20+/m0/s1. The van der Waals surface area contributed by atoms with Crippen LogP contribution < -0.4 is 5.32 Å². The van der Waals surface area contributed by atoms with Crippen LogP contribution in [-0.2, 0) is 15.7 Å². The first-order valence-corrected chi connectivity index (χ1v) is 10.1. The third kappa shape index (κ3) is 4.42. The largest absolute Gasteiger partial charge is 0.416 e. The fraction of sp³-hybridized carbons (Fsp3) is 0.619. The van der Waals surface area contributed by atoms with Crippen molar-refractivity contribution in [3.05, 3.63) is 35.4 Å². The van der Waals surface area contributed by atoms with E-state index in [4.69, 9.17) is 4.74 Å². The zero-order valence-electron chi connectivity index (χ0n) is 16.7. The minimum atomic E-state index is -4.55. The van der Waals surface area contributed by atoms with Gasteiger partial charge in [-0.05, 0) is 49.8 Å². The maximum Gasteiger partial charge on any atom is 0.416 e. The molecular weight excluding hydrogens is 385 g/mol. The lowest BCUT2D eigenvalue weighted by Crippen LogP contribution is -2.57. The second-order valence-electron chi connectivity index (χ2n) is 8.02. The van der Waals surface area contributed by atoms with Crippen LogP contribution in [0.15, 0.2) is 24.3 Å². The Morgan fingerprint density at radius 2 is 2.10 bits per heavy atom. The summed E-state index contributed by atoms with van der Waals surface area (Å²) < 4.78 is 45.5. The Labute approximate surface area is 168 Å². The third-order valence-electron chi connectivity index (χ3n) is 5.70. The molecule has 0 aromatic heterocycles. The predicted octanol–water partition coefficient (Wildman–Crippen LogP) is 3.98. The molecule has 1 heterocycles. The van der Waals surface area contributed by atoms with Gasteiger partial charge in [0.15, 0.2) is 0 Å². The molecule has 1 saturated heterocycles. The van der Waals surface area contributed by atoms with Crippen LogP contribution in [0.4, 0.5) is 13.2 Å². The van der Waals surface area contributed by atoms with Crippen molar-refractivity contribution in [3.8, 4) is 0 Å². The molecule has 29 heavy (non-hydrogen) atoms. The molecule has 2 amide bonds. The zero-order chi connectivity index (χ0) is 21.2. The summed E-state index contributed by atoms with van der Waals surface area (Å²) >= 11 is 0. The minimum Gasteiger partial charge on any atom is -0.354 e. The second-order valence-corrected chi connectivity index (χ2v) is 8.02. The van der Waals surface area contributed by atoms with Gasteiger partial charge in [-0.2, -0.15) is 13.2 Å².